The fourth-order valence-corrected chi connectivity index (χ4v) is 12.2. The summed E-state index contributed by atoms with van der Waals surface area (Å²) in [6.45, 7) is 4.47. The minimum atomic E-state index is -1.96. The van der Waals surface area contributed by atoms with Crippen molar-refractivity contribution < 1.29 is 63.5 Å². The molecule has 9 rings (SSSR count). The van der Waals surface area contributed by atoms with Crippen LogP contribution in [-0.4, -0.2) is 196 Å². The number of amides is 7. The van der Waals surface area contributed by atoms with Crippen molar-refractivity contribution in [3.05, 3.63) is 107 Å². The molecule has 1 aliphatic carbocycles. The molecular formula is C60H70N12O13S2. The molecule has 7 amide bonds. The number of aromatic amines is 1. The quantitative estimate of drug-likeness (QED) is 0.0960. The summed E-state index contributed by atoms with van der Waals surface area (Å²) in [6.07, 6.45) is 0.804. The fraction of sp³-hybridized carbons (Fsp3) is 0.400. The maximum atomic E-state index is 15.0. The van der Waals surface area contributed by atoms with Gasteiger partial charge in [-0.3, -0.25) is 33.6 Å². The molecule has 3 aromatic carbocycles. The molecule has 5 heterocycles. The number of H-pyrrole nitrogens is 1. The fourth-order valence-electron chi connectivity index (χ4n) is 10.9. The van der Waals surface area contributed by atoms with E-state index in [1.807, 2.05) is 74.4 Å². The average molecular weight is 1230 g/mol. The van der Waals surface area contributed by atoms with Gasteiger partial charge in [0.15, 0.2) is 5.11 Å². The minimum absolute atomic E-state index is 0.0992. The SMILES string of the molecule is CC1NC(=O)[C@H](C[C@@](C)(O)CNC(=S)N=C2C=CC(=C3c4ccc(N(C)C)cc4Oc4cc(N(C)C)ccc43)C(C(=O)O)=C2)NC(=O)C2Cc3c([nH]c4ccccc34)SC[C@@H](NC(=O)[C@@H]([C@H](C)O)NC1=O)C(=O)N1C[C@H](O)C[C@H]1C(=O)N[C@@H](C)C(=O)N2. The van der Waals surface area contributed by atoms with Gasteiger partial charge in [0.25, 0.3) is 0 Å². The van der Waals surface area contributed by atoms with Gasteiger partial charge in [-0.1, -0.05) is 24.3 Å². The van der Waals surface area contributed by atoms with Crippen molar-refractivity contribution in [3.8, 4) is 11.5 Å². The number of carboxylic acids is 1. The molecular weight excluding hydrogens is 1160 g/mol. The molecule has 10 atom stereocenters. The van der Waals surface area contributed by atoms with Gasteiger partial charge in [0.2, 0.25) is 41.4 Å². The molecule has 5 aliphatic rings. The monoisotopic (exact) mass is 1230 g/mol. The second kappa shape index (κ2) is 25.8. The van der Waals surface area contributed by atoms with Crippen molar-refractivity contribution >= 4 is 110 Å². The van der Waals surface area contributed by atoms with Crippen molar-refractivity contribution in [1.29, 1.82) is 0 Å². The number of thioether (sulfide) groups is 1. The van der Waals surface area contributed by atoms with E-state index >= 15 is 0 Å². The first-order chi connectivity index (χ1) is 41.2. The highest BCUT2D eigenvalue weighted by Crippen LogP contribution is 2.49. The molecule has 25 nitrogen and oxygen atoms in total. The molecule has 1 aromatic heterocycles. The summed E-state index contributed by atoms with van der Waals surface area (Å²) in [5.74, 6) is -6.77. The number of thiocarbonyl (C=S) groups is 1. The van der Waals surface area contributed by atoms with E-state index in [2.05, 4.69) is 47.2 Å². The zero-order valence-electron chi connectivity index (χ0n) is 49.0. The molecule has 0 spiro atoms. The molecule has 2 bridgehead atoms. The lowest BCUT2D eigenvalue weighted by Gasteiger charge is -2.31. The molecule has 2 unspecified atom stereocenters. The number of carboxylic acid groups (broad SMARTS) is 1. The van der Waals surface area contributed by atoms with Crippen LogP contribution >= 0.6 is 24.0 Å². The lowest BCUT2D eigenvalue weighted by Crippen LogP contribution is -2.62. The Balaban J connectivity index is 1.02. The van der Waals surface area contributed by atoms with Crippen LogP contribution in [0.4, 0.5) is 11.4 Å². The first kappa shape index (κ1) is 62.9. The third kappa shape index (κ3) is 14.0. The Morgan fingerprint density at radius 2 is 1.45 bits per heavy atom. The molecule has 0 radical (unpaired) electrons. The van der Waals surface area contributed by atoms with E-state index in [0.29, 0.717) is 55.3 Å². The number of ether oxygens (including phenoxy) is 1. The Kier molecular flexibility index (Phi) is 18.6. The van der Waals surface area contributed by atoms with Crippen LogP contribution in [0.1, 0.15) is 57.2 Å². The van der Waals surface area contributed by atoms with Gasteiger partial charge in [-0.25, -0.2) is 9.79 Å². The molecule has 4 aliphatic heterocycles. The first-order valence-electron chi connectivity index (χ1n) is 28.2. The third-order valence-corrected chi connectivity index (χ3v) is 17.0. The van der Waals surface area contributed by atoms with E-state index in [0.717, 1.165) is 28.0 Å². The lowest BCUT2D eigenvalue weighted by molar-refractivity contribution is -0.142. The van der Waals surface area contributed by atoms with E-state index in [9.17, 15) is 58.8 Å². The number of carbonyl (C=O) groups is 8. The van der Waals surface area contributed by atoms with E-state index in [1.54, 1.807) is 36.4 Å². The van der Waals surface area contributed by atoms with Gasteiger partial charge in [-0.05, 0) is 93.5 Å². The number of nitrogens with one attached hydrogen (secondary N) is 8. The van der Waals surface area contributed by atoms with Crippen molar-refractivity contribution in [2.75, 3.05) is 56.8 Å². The summed E-state index contributed by atoms with van der Waals surface area (Å²) in [4.78, 5) is 126. The van der Waals surface area contributed by atoms with E-state index < -0.39 is 120 Å². The van der Waals surface area contributed by atoms with Crippen molar-refractivity contribution in [3.63, 3.8) is 0 Å². The number of hydrogen-bond acceptors (Lipinski definition) is 16. The van der Waals surface area contributed by atoms with Crippen LogP contribution in [0.25, 0.3) is 16.5 Å². The maximum Gasteiger partial charge on any atom is 0.336 e. The summed E-state index contributed by atoms with van der Waals surface area (Å²) in [6, 6.07) is 7.91. The van der Waals surface area contributed by atoms with Gasteiger partial charge in [-0.2, -0.15) is 0 Å². The van der Waals surface area contributed by atoms with E-state index in [-0.39, 0.29) is 41.5 Å². The number of nitrogens with zero attached hydrogens (tertiary/aromatic N) is 4. The van der Waals surface area contributed by atoms with Crippen LogP contribution in [0.5, 0.6) is 11.5 Å². The van der Waals surface area contributed by atoms with Crippen LogP contribution in [0.2, 0.25) is 0 Å². The Bertz CT molecular complexity index is 3550. The largest absolute Gasteiger partial charge is 0.478 e. The molecule has 1 fully saturated rings. The number of benzene rings is 3. The van der Waals surface area contributed by atoms with Gasteiger partial charge >= 0.3 is 5.97 Å². The Morgan fingerprint density at radius 1 is 0.828 bits per heavy atom. The summed E-state index contributed by atoms with van der Waals surface area (Å²) in [5.41, 5.74) is 3.22. The number of allylic oxidation sites excluding steroid dienone is 3. The minimum Gasteiger partial charge on any atom is -0.478 e. The van der Waals surface area contributed by atoms with Crippen LogP contribution < -0.4 is 51.8 Å². The van der Waals surface area contributed by atoms with Gasteiger partial charge in [-0.15, -0.1) is 11.8 Å². The Hall–Kier alpha value is -8.63. The number of fused-ring (bicyclic) bond motifs is 7. The van der Waals surface area contributed by atoms with Crippen LogP contribution in [0, 0.1) is 0 Å². The summed E-state index contributed by atoms with van der Waals surface area (Å²) < 4.78 is 6.45. The predicted molar refractivity (Wildman–Crippen MR) is 329 cm³/mol. The highest BCUT2D eigenvalue weighted by atomic mass is 32.2. The average Bonchev–Trinajstić information content (AvgIpc) is 1.44. The molecule has 87 heavy (non-hydrogen) atoms. The number of para-hydroxylation sites is 1. The number of aliphatic hydroxyl groups excluding tert-OH is 2. The number of aromatic nitrogens is 1. The van der Waals surface area contributed by atoms with E-state index in [4.69, 9.17) is 17.0 Å². The third-order valence-electron chi connectivity index (χ3n) is 15.6. The van der Waals surface area contributed by atoms with Crippen LogP contribution in [-0.2, 0) is 44.8 Å². The number of rotatable bonds is 8. The molecule has 0 saturated carbocycles. The molecule has 4 aromatic rings. The molecule has 460 valence electrons. The van der Waals surface area contributed by atoms with Gasteiger partial charge < -0.3 is 82.1 Å². The summed E-state index contributed by atoms with van der Waals surface area (Å²) in [5, 5.41) is 63.9. The number of anilines is 2. The second-order valence-corrected chi connectivity index (χ2v) is 24.3. The number of aliphatic carboxylic acids is 1. The number of aliphatic imine (C=N–C) groups is 1. The predicted octanol–water partition coefficient (Wildman–Crippen LogP) is 0.898. The van der Waals surface area contributed by atoms with Gasteiger partial charge in [0.05, 0.1) is 34.1 Å². The van der Waals surface area contributed by atoms with Crippen molar-refractivity contribution in [2.24, 2.45) is 4.99 Å². The van der Waals surface area contributed by atoms with Crippen LogP contribution in [0.3, 0.4) is 0 Å². The molecule has 12 N–H and O–H groups in total. The summed E-state index contributed by atoms with van der Waals surface area (Å²) >= 11 is 6.68. The normalized spacial score (nSPS) is 25.3. The highest BCUT2D eigenvalue weighted by molar-refractivity contribution is 7.99. The maximum absolute atomic E-state index is 15.0. The number of hydrogen-bond donors (Lipinski definition) is 12. The first-order valence-corrected chi connectivity index (χ1v) is 29.6. The van der Waals surface area contributed by atoms with Crippen molar-refractivity contribution in [2.45, 2.75) is 112 Å². The summed E-state index contributed by atoms with van der Waals surface area (Å²) in [7, 11) is 7.60. The standard InChI is InChI=1S/C60H70N12O13S2/c1-28-50(75)65-42-23-39-35-11-9-10-12-41(35)68-56(39)87-26-44(57(81)72-25-34(74)22-45(72)54(79)63-28)67-55(80)49(30(3)73)69-51(76)29(2)62-53(78)43(66-52(42)77)24-60(4,84)27-61-59(86)64-31-13-16-36(40(19-31)58(82)83)48-37-17-14-32(70(5)6)20-46(37)85-47-21-33(71(7)8)15-18-38(47)48/h9-21,28-30,34,42-45,49,68,73-74,84H,22-27H2,1-8H3,(H,61,86)(H,62,78)(H,63,79)(H,65,75)(H,66,77)(H,67,80)(H,69,76)(H,82,83)/t28-,29?,30-,34+,42?,43-,44+,45-,49+,60+/m0/s1. The van der Waals surface area contributed by atoms with Crippen LogP contribution in [0.15, 0.2) is 100 Å². The Labute approximate surface area is 510 Å². The Morgan fingerprint density at radius 3 is 2.08 bits per heavy atom. The van der Waals surface area contributed by atoms with Gasteiger partial charge in [0, 0.05) is 117 Å². The van der Waals surface area contributed by atoms with E-state index in [1.165, 1.54) is 33.8 Å². The zero-order valence-corrected chi connectivity index (χ0v) is 50.6. The number of carbonyl (C=O) groups excluding carboxylic acids is 7. The zero-order chi connectivity index (χ0) is 62.9. The number of aliphatic hydroxyl groups is 3. The second-order valence-electron chi connectivity index (χ2n) is 22.9. The van der Waals surface area contributed by atoms with Crippen molar-refractivity contribution in [1.82, 2.24) is 47.1 Å². The van der Waals surface area contributed by atoms with Gasteiger partial charge in [0.1, 0.15) is 53.8 Å². The molecule has 27 heteroatoms. The smallest absolute Gasteiger partial charge is 0.336 e. The highest BCUT2D eigenvalue weighted by Gasteiger charge is 2.44. The molecule has 1 saturated heterocycles. The topological polar surface area (TPSA) is 349 Å². The lowest BCUT2D eigenvalue weighted by atomic mass is 9.84.